The molecule has 16 heavy (non-hydrogen) atoms. The third kappa shape index (κ3) is 2.43. The molecule has 4 N–H and O–H groups in total. The van der Waals surface area contributed by atoms with E-state index in [0.29, 0.717) is 10.9 Å². The Morgan fingerprint density at radius 3 is 2.81 bits per heavy atom. The fourth-order valence-electron chi connectivity index (χ4n) is 0.914. The number of aromatic nitrogens is 1. The summed E-state index contributed by atoms with van der Waals surface area (Å²) in [5.74, 6) is 5.67. The van der Waals surface area contributed by atoms with E-state index in [1.165, 1.54) is 18.3 Å². The smallest absolute Gasteiger partial charge is 0.438 e. The summed E-state index contributed by atoms with van der Waals surface area (Å²) in [5, 5.41) is 17.5. The number of methoxy groups -OCH3 is 1. The Balaban J connectivity index is 2.86. The van der Waals surface area contributed by atoms with Crippen molar-refractivity contribution in [3.63, 3.8) is 0 Å². The predicted octanol–water partition coefficient (Wildman–Crippen LogP) is 0.331. The van der Waals surface area contributed by atoms with Gasteiger partial charge >= 0.3 is 6.09 Å². The Bertz CT molecular complexity index is 380. The van der Waals surface area contributed by atoms with E-state index >= 15 is 0 Å². The van der Waals surface area contributed by atoms with Crippen molar-refractivity contribution in [2.45, 2.75) is 0 Å². The Kier molecular flexibility index (Phi) is 3.75. The summed E-state index contributed by atoms with van der Waals surface area (Å²) in [5.41, 5.74) is 0.133. The lowest BCUT2D eigenvalue weighted by Crippen LogP contribution is -2.30. The maximum absolute atomic E-state index is 10.9. The molecule has 0 fully saturated rings. The zero-order chi connectivity index (χ0) is 12.1. The maximum atomic E-state index is 10.9. The maximum Gasteiger partial charge on any atom is 0.438 e. The van der Waals surface area contributed by atoms with Crippen molar-refractivity contribution in [3.05, 3.63) is 18.3 Å². The van der Waals surface area contributed by atoms with E-state index in [2.05, 4.69) is 9.72 Å². The van der Waals surface area contributed by atoms with Gasteiger partial charge in [-0.2, -0.15) is 5.06 Å². The summed E-state index contributed by atoms with van der Waals surface area (Å²) in [6, 6.07) is 2.84. The molecule has 1 aromatic heterocycles. The van der Waals surface area contributed by atoms with Crippen LogP contribution in [0.25, 0.3) is 0 Å². The van der Waals surface area contributed by atoms with Crippen molar-refractivity contribution >= 4 is 23.9 Å². The van der Waals surface area contributed by atoms with E-state index in [1.807, 2.05) is 0 Å². The molecule has 0 aliphatic rings. The van der Waals surface area contributed by atoms with E-state index < -0.39 is 6.09 Å². The SMILES string of the molecule is COC(=O)N(O)c1ccc(N(N)C=N)nc1. The fourth-order valence-corrected chi connectivity index (χ4v) is 0.914. The van der Waals surface area contributed by atoms with Gasteiger partial charge in [0.1, 0.15) is 12.2 Å². The average Bonchev–Trinajstić information content (AvgIpc) is 2.36. The number of carbonyl (C=O) groups excluding carboxylic acids is 1. The third-order valence-corrected chi connectivity index (χ3v) is 1.73. The standard InChI is InChI=1S/C8H11N5O3/c1-16-8(14)13(15)6-2-3-7(11-4-6)12(10)5-9/h2-5,9,15H,10H2,1H3. The topological polar surface area (TPSA) is 116 Å². The molecular weight excluding hydrogens is 214 g/mol. The van der Waals surface area contributed by atoms with Gasteiger partial charge < -0.3 is 4.74 Å². The molecular formula is C8H11N5O3. The Hall–Kier alpha value is -2.19. The number of hydrazine groups is 1. The number of pyridine rings is 1. The largest absolute Gasteiger partial charge is 0.451 e. The molecule has 8 heteroatoms. The van der Waals surface area contributed by atoms with Crippen molar-refractivity contribution in [3.8, 4) is 0 Å². The van der Waals surface area contributed by atoms with Gasteiger partial charge in [0.05, 0.1) is 19.0 Å². The molecule has 0 saturated carbocycles. The first-order valence-corrected chi connectivity index (χ1v) is 4.17. The van der Waals surface area contributed by atoms with Gasteiger partial charge in [-0.05, 0) is 12.1 Å². The van der Waals surface area contributed by atoms with Gasteiger partial charge in [-0.15, -0.1) is 0 Å². The van der Waals surface area contributed by atoms with Crippen LogP contribution in [0.1, 0.15) is 0 Å². The summed E-state index contributed by atoms with van der Waals surface area (Å²) < 4.78 is 4.30. The highest BCUT2D eigenvalue weighted by Crippen LogP contribution is 2.14. The van der Waals surface area contributed by atoms with Crippen molar-refractivity contribution in [1.29, 1.82) is 5.41 Å². The van der Waals surface area contributed by atoms with Crippen molar-refractivity contribution in [1.82, 2.24) is 4.98 Å². The lowest BCUT2D eigenvalue weighted by molar-refractivity contribution is 0.141. The number of amides is 1. The fraction of sp³-hybridized carbons (Fsp3) is 0.125. The summed E-state index contributed by atoms with van der Waals surface area (Å²) in [6.45, 7) is 0. The summed E-state index contributed by atoms with van der Waals surface area (Å²) in [4.78, 5) is 14.8. The Labute approximate surface area is 91.3 Å². The monoisotopic (exact) mass is 225 g/mol. The molecule has 0 atom stereocenters. The van der Waals surface area contributed by atoms with Gasteiger partial charge in [0.25, 0.3) is 0 Å². The minimum absolute atomic E-state index is 0.133. The zero-order valence-corrected chi connectivity index (χ0v) is 8.49. The Morgan fingerprint density at radius 1 is 1.69 bits per heavy atom. The van der Waals surface area contributed by atoms with Crippen molar-refractivity contribution in [2.24, 2.45) is 5.84 Å². The number of rotatable bonds is 3. The van der Waals surface area contributed by atoms with Crippen LogP contribution in [-0.4, -0.2) is 29.7 Å². The third-order valence-electron chi connectivity index (χ3n) is 1.73. The number of hydrogen-bond acceptors (Lipinski definition) is 6. The number of carbonyl (C=O) groups is 1. The quantitative estimate of drug-likeness (QED) is 0.224. The van der Waals surface area contributed by atoms with Gasteiger partial charge in [0, 0.05) is 0 Å². The van der Waals surface area contributed by atoms with E-state index in [4.69, 9.17) is 11.3 Å². The predicted molar refractivity (Wildman–Crippen MR) is 56.4 cm³/mol. The molecule has 0 bridgehead atoms. The number of nitrogens with two attached hydrogens (primary N) is 1. The first-order valence-electron chi connectivity index (χ1n) is 4.17. The van der Waals surface area contributed by atoms with Crippen molar-refractivity contribution in [2.75, 3.05) is 17.2 Å². The Morgan fingerprint density at radius 2 is 2.38 bits per heavy atom. The van der Waals surface area contributed by atoms with Gasteiger partial charge in [-0.3, -0.25) is 15.6 Å². The first kappa shape index (κ1) is 11.9. The normalized spacial score (nSPS) is 9.44. The molecule has 8 nitrogen and oxygen atoms in total. The van der Waals surface area contributed by atoms with Gasteiger partial charge in [-0.1, -0.05) is 0 Å². The average molecular weight is 225 g/mol. The second-order valence-electron chi connectivity index (χ2n) is 2.69. The van der Waals surface area contributed by atoms with Crippen LogP contribution in [0.2, 0.25) is 0 Å². The van der Waals surface area contributed by atoms with Gasteiger partial charge in [0.15, 0.2) is 0 Å². The lowest BCUT2D eigenvalue weighted by atomic mass is 10.4. The zero-order valence-electron chi connectivity index (χ0n) is 8.49. The van der Waals surface area contributed by atoms with Crippen LogP contribution in [-0.2, 0) is 4.74 Å². The molecule has 1 heterocycles. The molecule has 1 rings (SSSR count). The minimum Gasteiger partial charge on any atom is -0.451 e. The van der Waals surface area contributed by atoms with Crippen LogP contribution in [0.4, 0.5) is 16.3 Å². The molecule has 0 spiro atoms. The highest BCUT2D eigenvalue weighted by atomic mass is 16.6. The number of hydrogen-bond donors (Lipinski definition) is 3. The van der Waals surface area contributed by atoms with Crippen LogP contribution in [0.15, 0.2) is 18.3 Å². The van der Waals surface area contributed by atoms with Crippen LogP contribution in [0.3, 0.4) is 0 Å². The van der Waals surface area contributed by atoms with Crippen LogP contribution in [0.5, 0.6) is 0 Å². The van der Waals surface area contributed by atoms with Crippen LogP contribution < -0.4 is 15.9 Å². The summed E-state index contributed by atoms with van der Waals surface area (Å²) in [7, 11) is 1.14. The summed E-state index contributed by atoms with van der Waals surface area (Å²) in [6.07, 6.45) is 1.17. The molecule has 0 saturated heterocycles. The molecule has 86 valence electrons. The molecule has 0 radical (unpaired) electrons. The van der Waals surface area contributed by atoms with E-state index in [9.17, 15) is 10.0 Å². The molecule has 0 aromatic carbocycles. The summed E-state index contributed by atoms with van der Waals surface area (Å²) >= 11 is 0. The minimum atomic E-state index is -0.925. The van der Waals surface area contributed by atoms with Gasteiger partial charge in [-0.25, -0.2) is 15.6 Å². The van der Waals surface area contributed by atoms with Crippen LogP contribution in [0, 0.1) is 5.41 Å². The highest BCUT2D eigenvalue weighted by molar-refractivity contribution is 5.84. The number of nitrogens with zero attached hydrogens (tertiary/aromatic N) is 3. The number of anilines is 2. The number of ether oxygens (including phenoxy) is 1. The molecule has 1 aromatic rings. The molecule has 0 aliphatic carbocycles. The van der Waals surface area contributed by atoms with Gasteiger partial charge in [0.2, 0.25) is 0 Å². The second kappa shape index (κ2) is 5.05. The highest BCUT2D eigenvalue weighted by Gasteiger charge is 2.13. The molecule has 0 unspecified atom stereocenters. The first-order chi connectivity index (χ1) is 7.60. The lowest BCUT2D eigenvalue weighted by Gasteiger charge is -2.14. The van der Waals surface area contributed by atoms with E-state index in [1.54, 1.807) is 0 Å². The second-order valence-corrected chi connectivity index (χ2v) is 2.69. The van der Waals surface area contributed by atoms with E-state index in [0.717, 1.165) is 18.5 Å². The number of hydroxylamine groups is 1. The van der Waals surface area contributed by atoms with E-state index in [-0.39, 0.29) is 5.69 Å². The molecule has 1 amide bonds. The van der Waals surface area contributed by atoms with Crippen molar-refractivity contribution < 1.29 is 14.7 Å². The molecule has 0 aliphatic heterocycles. The van der Waals surface area contributed by atoms with Crippen LogP contribution >= 0.6 is 0 Å². The number of nitrogens with one attached hydrogen (secondary N) is 1.